The summed E-state index contributed by atoms with van der Waals surface area (Å²) in [6.45, 7) is 0. The summed E-state index contributed by atoms with van der Waals surface area (Å²) in [4.78, 5) is 12.4. The number of carbonyl (C=O) groups is 1. The Bertz CT molecular complexity index is 784. The van der Waals surface area contributed by atoms with Crippen molar-refractivity contribution in [2.75, 3.05) is 21.3 Å². The van der Waals surface area contributed by atoms with Gasteiger partial charge < -0.3 is 14.2 Å². The number of hydrogen-bond acceptors (Lipinski definition) is 4. The average Bonchev–Trinajstić information content (AvgIpc) is 2.64. The van der Waals surface area contributed by atoms with Gasteiger partial charge in [-0.3, -0.25) is 4.79 Å². The monoisotopic (exact) mass is 366 g/mol. The van der Waals surface area contributed by atoms with Crippen LogP contribution in [0.4, 0.5) is 13.2 Å². The van der Waals surface area contributed by atoms with Crippen LogP contribution in [0.3, 0.4) is 0 Å². The zero-order valence-electron chi connectivity index (χ0n) is 14.4. The van der Waals surface area contributed by atoms with Crippen molar-refractivity contribution in [2.45, 2.75) is 6.18 Å². The van der Waals surface area contributed by atoms with Crippen molar-refractivity contribution in [1.29, 1.82) is 0 Å². The third-order valence-electron chi connectivity index (χ3n) is 3.61. The number of ketones is 1. The maximum absolute atomic E-state index is 12.6. The van der Waals surface area contributed by atoms with Gasteiger partial charge in [0.2, 0.25) is 5.75 Å². The Morgan fingerprint density at radius 1 is 0.923 bits per heavy atom. The molecule has 0 atom stereocenters. The van der Waals surface area contributed by atoms with E-state index in [9.17, 15) is 18.0 Å². The summed E-state index contributed by atoms with van der Waals surface area (Å²) in [7, 11) is 4.32. The van der Waals surface area contributed by atoms with E-state index < -0.39 is 11.7 Å². The summed E-state index contributed by atoms with van der Waals surface area (Å²) in [6.07, 6.45) is -1.69. The molecule has 26 heavy (non-hydrogen) atoms. The van der Waals surface area contributed by atoms with Crippen LogP contribution in [-0.4, -0.2) is 27.1 Å². The normalized spacial score (nSPS) is 11.5. The fraction of sp³-hybridized carbons (Fsp3) is 0.211. The van der Waals surface area contributed by atoms with Crippen molar-refractivity contribution in [3.8, 4) is 17.2 Å². The van der Waals surface area contributed by atoms with Crippen LogP contribution in [0.25, 0.3) is 6.08 Å². The van der Waals surface area contributed by atoms with Crippen molar-refractivity contribution >= 4 is 11.9 Å². The molecular formula is C19H17F3O4. The fourth-order valence-electron chi connectivity index (χ4n) is 2.27. The molecule has 138 valence electrons. The second kappa shape index (κ2) is 7.95. The number of alkyl halides is 3. The highest BCUT2D eigenvalue weighted by Crippen LogP contribution is 2.38. The van der Waals surface area contributed by atoms with Crippen LogP contribution in [0.15, 0.2) is 42.5 Å². The Labute approximate surface area is 148 Å². The van der Waals surface area contributed by atoms with E-state index in [1.165, 1.54) is 57.7 Å². The summed E-state index contributed by atoms with van der Waals surface area (Å²) >= 11 is 0. The van der Waals surface area contributed by atoms with Crippen molar-refractivity contribution in [1.82, 2.24) is 0 Å². The number of allylic oxidation sites excluding steroid dienone is 1. The maximum atomic E-state index is 12.6. The predicted molar refractivity (Wildman–Crippen MR) is 90.9 cm³/mol. The SMILES string of the molecule is COc1cc(C(=O)C=Cc2ccc(C(F)(F)F)cc2)cc(OC)c1OC. The van der Waals surface area contributed by atoms with Crippen LogP contribution in [0.5, 0.6) is 17.2 Å². The minimum atomic E-state index is -4.39. The summed E-state index contributed by atoms with van der Waals surface area (Å²) in [6, 6.07) is 7.51. The third-order valence-corrected chi connectivity index (χ3v) is 3.61. The Kier molecular flexibility index (Phi) is 5.92. The van der Waals surface area contributed by atoms with Crippen LogP contribution >= 0.6 is 0 Å². The molecule has 0 spiro atoms. The predicted octanol–water partition coefficient (Wildman–Crippen LogP) is 4.63. The average molecular weight is 366 g/mol. The molecule has 0 fully saturated rings. The molecule has 7 heteroatoms. The molecule has 0 aliphatic heterocycles. The van der Waals surface area contributed by atoms with Crippen molar-refractivity contribution in [3.63, 3.8) is 0 Å². The van der Waals surface area contributed by atoms with Crippen LogP contribution in [-0.2, 0) is 6.18 Å². The molecule has 0 aliphatic carbocycles. The molecule has 0 unspecified atom stereocenters. The lowest BCUT2D eigenvalue weighted by Gasteiger charge is -2.13. The first-order valence-corrected chi connectivity index (χ1v) is 7.49. The minimum Gasteiger partial charge on any atom is -0.493 e. The second-order valence-electron chi connectivity index (χ2n) is 5.23. The van der Waals surface area contributed by atoms with E-state index in [1.54, 1.807) is 0 Å². The van der Waals surface area contributed by atoms with E-state index in [4.69, 9.17) is 14.2 Å². The van der Waals surface area contributed by atoms with Gasteiger partial charge in [-0.15, -0.1) is 0 Å². The van der Waals surface area contributed by atoms with Gasteiger partial charge in [0.1, 0.15) is 0 Å². The summed E-state index contributed by atoms with van der Waals surface area (Å²) in [5.41, 5.74) is 0.0204. The quantitative estimate of drug-likeness (QED) is 0.552. The molecule has 0 radical (unpaired) electrons. The van der Waals surface area contributed by atoms with Crippen LogP contribution in [0.1, 0.15) is 21.5 Å². The van der Waals surface area contributed by atoms with E-state index in [1.807, 2.05) is 0 Å². The number of methoxy groups -OCH3 is 3. The molecule has 0 heterocycles. The molecule has 2 aromatic rings. The Morgan fingerprint density at radius 2 is 1.46 bits per heavy atom. The van der Waals surface area contributed by atoms with Crippen molar-refractivity contribution < 1.29 is 32.2 Å². The summed E-state index contributed by atoms with van der Waals surface area (Å²) < 4.78 is 53.2. The second-order valence-corrected chi connectivity index (χ2v) is 5.23. The standard InChI is InChI=1S/C19H17F3O4/c1-24-16-10-13(11-17(25-2)18(16)26-3)15(23)9-6-12-4-7-14(8-5-12)19(20,21)22/h4-11H,1-3H3. The zero-order valence-corrected chi connectivity index (χ0v) is 14.4. The molecule has 0 bridgehead atoms. The lowest BCUT2D eigenvalue weighted by molar-refractivity contribution is -0.137. The Morgan fingerprint density at radius 3 is 1.88 bits per heavy atom. The van der Waals surface area contributed by atoms with Gasteiger partial charge in [-0.05, 0) is 35.9 Å². The minimum absolute atomic E-state index is 0.294. The van der Waals surface area contributed by atoms with Gasteiger partial charge in [-0.2, -0.15) is 13.2 Å². The van der Waals surface area contributed by atoms with Gasteiger partial charge in [0.15, 0.2) is 17.3 Å². The van der Waals surface area contributed by atoms with Gasteiger partial charge in [0, 0.05) is 5.56 Å². The van der Waals surface area contributed by atoms with E-state index in [2.05, 4.69) is 0 Å². The highest BCUT2D eigenvalue weighted by atomic mass is 19.4. The van der Waals surface area contributed by atoms with Crippen molar-refractivity contribution in [3.05, 3.63) is 59.2 Å². The van der Waals surface area contributed by atoms with E-state index >= 15 is 0 Å². The molecule has 0 saturated heterocycles. The lowest BCUT2D eigenvalue weighted by atomic mass is 10.1. The number of hydrogen-bond donors (Lipinski definition) is 0. The van der Waals surface area contributed by atoms with Gasteiger partial charge in [-0.25, -0.2) is 0 Å². The van der Waals surface area contributed by atoms with Crippen LogP contribution in [0, 0.1) is 0 Å². The topological polar surface area (TPSA) is 44.8 Å². The van der Waals surface area contributed by atoms with Crippen LogP contribution in [0.2, 0.25) is 0 Å². The fourth-order valence-corrected chi connectivity index (χ4v) is 2.27. The summed E-state index contributed by atoms with van der Waals surface area (Å²) in [5, 5.41) is 0. The molecule has 0 saturated carbocycles. The van der Waals surface area contributed by atoms with E-state index in [0.717, 1.165) is 12.1 Å². The molecule has 2 rings (SSSR count). The van der Waals surface area contributed by atoms with Gasteiger partial charge in [0.25, 0.3) is 0 Å². The highest BCUT2D eigenvalue weighted by Gasteiger charge is 2.29. The molecule has 2 aromatic carbocycles. The number of ether oxygens (including phenoxy) is 3. The summed E-state index contributed by atoms with van der Waals surface area (Å²) in [5.74, 6) is 0.665. The first kappa shape index (κ1) is 19.4. The molecule has 0 aliphatic rings. The van der Waals surface area contributed by atoms with Gasteiger partial charge in [0.05, 0.1) is 26.9 Å². The molecule has 4 nitrogen and oxygen atoms in total. The maximum Gasteiger partial charge on any atom is 0.416 e. The first-order chi connectivity index (χ1) is 12.3. The molecule has 0 N–H and O–H groups in total. The Balaban J connectivity index is 2.25. The largest absolute Gasteiger partial charge is 0.493 e. The first-order valence-electron chi connectivity index (χ1n) is 7.49. The number of benzene rings is 2. The molecule has 0 amide bonds. The molecular weight excluding hydrogens is 349 g/mol. The Hall–Kier alpha value is -2.96. The smallest absolute Gasteiger partial charge is 0.416 e. The van der Waals surface area contributed by atoms with Gasteiger partial charge >= 0.3 is 6.18 Å². The number of carbonyl (C=O) groups excluding carboxylic acids is 1. The highest BCUT2D eigenvalue weighted by molar-refractivity contribution is 6.07. The van der Waals surface area contributed by atoms with E-state index in [0.29, 0.717) is 28.4 Å². The zero-order chi connectivity index (χ0) is 19.3. The van der Waals surface area contributed by atoms with Gasteiger partial charge in [-0.1, -0.05) is 18.2 Å². The number of rotatable bonds is 6. The van der Waals surface area contributed by atoms with Crippen LogP contribution < -0.4 is 14.2 Å². The molecule has 0 aromatic heterocycles. The lowest BCUT2D eigenvalue weighted by Crippen LogP contribution is -2.04. The number of halogens is 3. The third kappa shape index (κ3) is 4.36. The van der Waals surface area contributed by atoms with Crippen molar-refractivity contribution in [2.24, 2.45) is 0 Å². The van der Waals surface area contributed by atoms with E-state index in [-0.39, 0.29) is 5.78 Å².